The summed E-state index contributed by atoms with van der Waals surface area (Å²) in [5.74, 6) is 0.184. The Morgan fingerprint density at radius 2 is 1.96 bits per heavy atom. The summed E-state index contributed by atoms with van der Waals surface area (Å²) in [4.78, 5) is 23.1. The molecule has 1 amide bonds. The molecule has 0 spiro atoms. The molecule has 2 aromatic carbocycles. The highest BCUT2D eigenvalue weighted by molar-refractivity contribution is 5.94. The largest absolute Gasteiger partial charge is 0.482 e. The van der Waals surface area contributed by atoms with Crippen molar-refractivity contribution < 1.29 is 19.1 Å². The minimum absolute atomic E-state index is 0.0216. The third kappa shape index (κ3) is 4.94. The molecule has 0 bridgehead atoms. The molecular formula is C20H19NO4. The van der Waals surface area contributed by atoms with E-state index in [1.807, 2.05) is 42.5 Å². The van der Waals surface area contributed by atoms with Crippen LogP contribution in [-0.2, 0) is 20.7 Å². The Kier molecular flexibility index (Phi) is 5.46. The molecule has 128 valence electrons. The highest BCUT2D eigenvalue weighted by Gasteiger charge is 2.15. The summed E-state index contributed by atoms with van der Waals surface area (Å²) >= 11 is 0. The number of esters is 1. The maximum absolute atomic E-state index is 11.7. The maximum atomic E-state index is 11.7. The third-order valence-corrected chi connectivity index (χ3v) is 3.78. The fourth-order valence-corrected chi connectivity index (χ4v) is 2.52. The standard InChI is InChI=1S/C20H19NO4/c22-19-11-8-16-13-17(9-10-18(16)21-19)25-14-20(23)24-12-4-7-15-5-2-1-3-6-15/h1-7,9-10,13H,8,11-12,14H2,(H,21,22)/b7-4+. The molecule has 0 fully saturated rings. The minimum Gasteiger partial charge on any atom is -0.482 e. The zero-order valence-corrected chi connectivity index (χ0v) is 13.7. The van der Waals surface area contributed by atoms with Gasteiger partial charge in [-0.1, -0.05) is 36.4 Å². The molecule has 1 heterocycles. The molecule has 0 saturated carbocycles. The Bertz CT molecular complexity index is 784. The molecule has 0 saturated heterocycles. The van der Waals surface area contributed by atoms with Gasteiger partial charge in [0.1, 0.15) is 12.4 Å². The summed E-state index contributed by atoms with van der Waals surface area (Å²) in [7, 11) is 0. The number of rotatable bonds is 6. The quantitative estimate of drug-likeness (QED) is 0.822. The number of hydrogen-bond acceptors (Lipinski definition) is 4. The van der Waals surface area contributed by atoms with Gasteiger partial charge in [-0.2, -0.15) is 0 Å². The van der Waals surface area contributed by atoms with Crippen molar-refractivity contribution in [1.82, 2.24) is 0 Å². The lowest BCUT2D eigenvalue weighted by Gasteiger charge is -2.17. The molecule has 0 radical (unpaired) electrons. The summed E-state index contributed by atoms with van der Waals surface area (Å²) in [6, 6.07) is 15.1. The summed E-state index contributed by atoms with van der Waals surface area (Å²) in [5, 5.41) is 2.81. The predicted molar refractivity (Wildman–Crippen MR) is 95.3 cm³/mol. The number of carbonyl (C=O) groups is 2. The molecule has 0 unspecified atom stereocenters. The number of anilines is 1. The van der Waals surface area contributed by atoms with E-state index in [2.05, 4.69) is 5.32 Å². The minimum atomic E-state index is -0.427. The maximum Gasteiger partial charge on any atom is 0.344 e. The average molecular weight is 337 g/mol. The van der Waals surface area contributed by atoms with E-state index in [4.69, 9.17) is 9.47 Å². The molecule has 3 rings (SSSR count). The van der Waals surface area contributed by atoms with Gasteiger partial charge in [0.2, 0.25) is 5.91 Å². The van der Waals surface area contributed by atoms with E-state index in [1.54, 1.807) is 18.2 Å². The summed E-state index contributed by atoms with van der Waals surface area (Å²) in [6.45, 7) is 0.0532. The lowest BCUT2D eigenvalue weighted by atomic mass is 10.0. The number of hydrogen-bond donors (Lipinski definition) is 1. The van der Waals surface area contributed by atoms with Crippen molar-refractivity contribution >= 4 is 23.6 Å². The monoisotopic (exact) mass is 337 g/mol. The first-order valence-corrected chi connectivity index (χ1v) is 8.13. The summed E-state index contributed by atoms with van der Waals surface area (Å²) < 4.78 is 10.6. The number of fused-ring (bicyclic) bond motifs is 1. The Hall–Kier alpha value is -3.08. The van der Waals surface area contributed by atoms with E-state index in [0.29, 0.717) is 18.6 Å². The molecule has 2 aromatic rings. The molecule has 25 heavy (non-hydrogen) atoms. The van der Waals surface area contributed by atoms with Crippen LogP contribution >= 0.6 is 0 Å². The average Bonchev–Trinajstić information content (AvgIpc) is 2.64. The van der Waals surface area contributed by atoms with Gasteiger partial charge in [-0.25, -0.2) is 4.79 Å². The molecule has 1 aliphatic heterocycles. The van der Waals surface area contributed by atoms with Crippen molar-refractivity contribution in [3.63, 3.8) is 0 Å². The van der Waals surface area contributed by atoms with Crippen LogP contribution in [0.1, 0.15) is 17.5 Å². The van der Waals surface area contributed by atoms with Crippen molar-refractivity contribution in [3.8, 4) is 5.75 Å². The van der Waals surface area contributed by atoms with Gasteiger partial charge < -0.3 is 14.8 Å². The number of carbonyl (C=O) groups excluding carboxylic acids is 2. The van der Waals surface area contributed by atoms with E-state index >= 15 is 0 Å². The normalized spacial score (nSPS) is 13.2. The van der Waals surface area contributed by atoms with Crippen molar-refractivity contribution in [2.75, 3.05) is 18.5 Å². The lowest BCUT2D eigenvalue weighted by molar-refractivity contribution is -0.144. The Morgan fingerprint density at radius 1 is 1.12 bits per heavy atom. The molecule has 5 heteroatoms. The first-order chi connectivity index (χ1) is 12.2. The van der Waals surface area contributed by atoms with Gasteiger partial charge in [0.05, 0.1) is 0 Å². The number of benzene rings is 2. The van der Waals surface area contributed by atoms with E-state index in [1.165, 1.54) is 0 Å². The highest BCUT2D eigenvalue weighted by atomic mass is 16.6. The number of nitrogens with one attached hydrogen (secondary N) is 1. The number of aryl methyl sites for hydroxylation is 1. The van der Waals surface area contributed by atoms with Crippen LogP contribution in [0.15, 0.2) is 54.6 Å². The van der Waals surface area contributed by atoms with Crippen LogP contribution in [0.3, 0.4) is 0 Å². The third-order valence-electron chi connectivity index (χ3n) is 3.78. The van der Waals surface area contributed by atoms with Gasteiger partial charge in [0.15, 0.2) is 6.61 Å². The molecule has 0 aliphatic carbocycles. The van der Waals surface area contributed by atoms with Crippen LogP contribution in [0.4, 0.5) is 5.69 Å². The second-order valence-electron chi connectivity index (χ2n) is 5.65. The second-order valence-corrected chi connectivity index (χ2v) is 5.65. The predicted octanol–water partition coefficient (Wildman–Crippen LogP) is 3.21. The van der Waals surface area contributed by atoms with Crippen molar-refractivity contribution in [3.05, 3.63) is 65.7 Å². The van der Waals surface area contributed by atoms with Gasteiger partial charge in [-0.15, -0.1) is 0 Å². The zero-order valence-electron chi connectivity index (χ0n) is 13.7. The Labute approximate surface area is 146 Å². The Morgan fingerprint density at radius 3 is 2.80 bits per heavy atom. The molecular weight excluding hydrogens is 318 g/mol. The van der Waals surface area contributed by atoms with Crippen LogP contribution in [-0.4, -0.2) is 25.1 Å². The van der Waals surface area contributed by atoms with Gasteiger partial charge in [0, 0.05) is 12.1 Å². The first kappa shape index (κ1) is 16.8. The van der Waals surface area contributed by atoms with E-state index in [0.717, 1.165) is 16.8 Å². The highest BCUT2D eigenvalue weighted by Crippen LogP contribution is 2.26. The number of ether oxygens (including phenoxy) is 2. The van der Waals surface area contributed by atoms with Crippen molar-refractivity contribution in [2.24, 2.45) is 0 Å². The summed E-state index contributed by atoms with van der Waals surface area (Å²) in [6.07, 6.45) is 4.82. The fraction of sp³-hybridized carbons (Fsp3) is 0.200. The number of amides is 1. The van der Waals surface area contributed by atoms with E-state index < -0.39 is 5.97 Å². The van der Waals surface area contributed by atoms with E-state index in [-0.39, 0.29) is 19.1 Å². The van der Waals surface area contributed by atoms with Gasteiger partial charge in [0.25, 0.3) is 0 Å². The van der Waals surface area contributed by atoms with Crippen LogP contribution in [0, 0.1) is 0 Å². The fourth-order valence-electron chi connectivity index (χ4n) is 2.52. The van der Waals surface area contributed by atoms with Gasteiger partial charge in [-0.3, -0.25) is 4.79 Å². The first-order valence-electron chi connectivity index (χ1n) is 8.13. The molecule has 1 aliphatic rings. The lowest BCUT2D eigenvalue weighted by Crippen LogP contribution is -2.19. The Balaban J connectivity index is 1.43. The van der Waals surface area contributed by atoms with Crippen LogP contribution < -0.4 is 10.1 Å². The molecule has 0 aromatic heterocycles. The molecule has 5 nitrogen and oxygen atoms in total. The van der Waals surface area contributed by atoms with Crippen LogP contribution in [0.25, 0.3) is 6.08 Å². The van der Waals surface area contributed by atoms with Gasteiger partial charge in [-0.05, 0) is 41.8 Å². The summed E-state index contributed by atoms with van der Waals surface area (Å²) in [5.41, 5.74) is 2.87. The smallest absolute Gasteiger partial charge is 0.344 e. The molecule has 1 N–H and O–H groups in total. The van der Waals surface area contributed by atoms with Crippen molar-refractivity contribution in [1.29, 1.82) is 0 Å². The SMILES string of the molecule is O=C1CCc2cc(OCC(=O)OC/C=C/c3ccccc3)ccc2N1. The van der Waals surface area contributed by atoms with Crippen molar-refractivity contribution in [2.45, 2.75) is 12.8 Å². The zero-order chi connectivity index (χ0) is 17.5. The van der Waals surface area contributed by atoms with Gasteiger partial charge >= 0.3 is 5.97 Å². The molecule has 0 atom stereocenters. The second kappa shape index (κ2) is 8.15. The van der Waals surface area contributed by atoms with Crippen LogP contribution in [0.2, 0.25) is 0 Å². The van der Waals surface area contributed by atoms with Crippen LogP contribution in [0.5, 0.6) is 5.75 Å². The topological polar surface area (TPSA) is 64.6 Å². The van der Waals surface area contributed by atoms with E-state index in [9.17, 15) is 9.59 Å².